The molecule has 0 aromatic heterocycles. The molecular formula is C16H32IN5O. The van der Waals surface area contributed by atoms with Crippen LogP contribution < -0.4 is 10.6 Å². The molecule has 0 spiro atoms. The summed E-state index contributed by atoms with van der Waals surface area (Å²) in [6.45, 7) is 4.15. The molecular weight excluding hydrogens is 405 g/mol. The molecule has 134 valence electrons. The Balaban J connectivity index is 0.00000264. The van der Waals surface area contributed by atoms with E-state index in [2.05, 4.69) is 32.5 Å². The predicted octanol–water partition coefficient (Wildman–Crippen LogP) is 1.12. The van der Waals surface area contributed by atoms with Crippen molar-refractivity contribution in [2.75, 3.05) is 47.3 Å². The average molecular weight is 437 g/mol. The van der Waals surface area contributed by atoms with Crippen molar-refractivity contribution in [3.63, 3.8) is 0 Å². The van der Waals surface area contributed by atoms with Crippen molar-refractivity contribution in [3.05, 3.63) is 0 Å². The number of likely N-dealkylation sites (tertiary alicyclic amines) is 2. The van der Waals surface area contributed by atoms with Gasteiger partial charge in [-0.15, -0.1) is 24.0 Å². The van der Waals surface area contributed by atoms with E-state index in [9.17, 15) is 4.79 Å². The number of piperidine rings is 1. The highest BCUT2D eigenvalue weighted by atomic mass is 127. The summed E-state index contributed by atoms with van der Waals surface area (Å²) in [7, 11) is 5.77. The topological polar surface area (TPSA) is 60.0 Å². The molecule has 2 N–H and O–H groups in total. The number of carbonyl (C=O) groups excluding carboxylic acids is 1. The van der Waals surface area contributed by atoms with Crippen molar-refractivity contribution < 1.29 is 4.79 Å². The summed E-state index contributed by atoms with van der Waals surface area (Å²) in [5.74, 6) is 1.68. The van der Waals surface area contributed by atoms with E-state index in [0.717, 1.165) is 38.4 Å². The molecule has 1 amide bonds. The molecule has 23 heavy (non-hydrogen) atoms. The largest absolute Gasteiger partial charge is 0.359 e. The van der Waals surface area contributed by atoms with Gasteiger partial charge in [-0.2, -0.15) is 0 Å². The molecule has 2 aliphatic rings. The second-order valence-corrected chi connectivity index (χ2v) is 6.51. The van der Waals surface area contributed by atoms with Crippen LogP contribution in [0.1, 0.15) is 32.1 Å². The molecule has 0 aliphatic carbocycles. The Morgan fingerprint density at radius 2 is 1.91 bits per heavy atom. The summed E-state index contributed by atoms with van der Waals surface area (Å²) < 4.78 is 0. The van der Waals surface area contributed by atoms with Gasteiger partial charge in [0.15, 0.2) is 5.96 Å². The van der Waals surface area contributed by atoms with Gasteiger partial charge in [-0.25, -0.2) is 0 Å². The minimum atomic E-state index is 0. The average Bonchev–Trinajstić information content (AvgIpc) is 2.94. The fourth-order valence-corrected chi connectivity index (χ4v) is 3.49. The van der Waals surface area contributed by atoms with Crippen LogP contribution in [0.2, 0.25) is 0 Å². The summed E-state index contributed by atoms with van der Waals surface area (Å²) in [6.07, 6.45) is 5.36. The number of hydrogen-bond donors (Lipinski definition) is 2. The van der Waals surface area contributed by atoms with Crippen LogP contribution in [0.15, 0.2) is 4.99 Å². The van der Waals surface area contributed by atoms with Gasteiger partial charge in [0.05, 0.1) is 0 Å². The van der Waals surface area contributed by atoms with Gasteiger partial charge >= 0.3 is 0 Å². The van der Waals surface area contributed by atoms with Gasteiger partial charge < -0.3 is 20.4 Å². The van der Waals surface area contributed by atoms with E-state index in [0.29, 0.717) is 18.4 Å². The number of likely N-dealkylation sites (N-methyl/N-ethyl adjacent to an activating group) is 1. The molecule has 0 bridgehead atoms. The number of guanidine groups is 1. The zero-order chi connectivity index (χ0) is 15.9. The lowest BCUT2D eigenvalue weighted by Gasteiger charge is -2.34. The van der Waals surface area contributed by atoms with Crippen molar-refractivity contribution in [1.82, 2.24) is 20.4 Å². The quantitative estimate of drug-likeness (QED) is 0.393. The molecule has 0 radical (unpaired) electrons. The van der Waals surface area contributed by atoms with Crippen LogP contribution >= 0.6 is 24.0 Å². The zero-order valence-electron chi connectivity index (χ0n) is 14.7. The molecule has 1 atom stereocenters. The minimum absolute atomic E-state index is 0. The van der Waals surface area contributed by atoms with Gasteiger partial charge in [0.2, 0.25) is 5.91 Å². The van der Waals surface area contributed by atoms with Crippen LogP contribution in [0.25, 0.3) is 0 Å². The lowest BCUT2D eigenvalue weighted by atomic mass is 9.93. The van der Waals surface area contributed by atoms with Crippen molar-refractivity contribution >= 4 is 35.8 Å². The maximum Gasteiger partial charge on any atom is 0.220 e. The van der Waals surface area contributed by atoms with Crippen molar-refractivity contribution in [3.8, 4) is 0 Å². The molecule has 2 heterocycles. The third-order valence-corrected chi connectivity index (χ3v) is 5.05. The number of halogens is 1. The Kier molecular flexibility index (Phi) is 9.19. The number of amides is 1. The highest BCUT2D eigenvalue weighted by Crippen LogP contribution is 2.20. The maximum absolute atomic E-state index is 11.5. The lowest BCUT2D eigenvalue weighted by Crippen LogP contribution is -2.49. The Labute approximate surface area is 157 Å². The van der Waals surface area contributed by atoms with Crippen LogP contribution in [0.3, 0.4) is 0 Å². The van der Waals surface area contributed by atoms with Crippen LogP contribution in [0, 0.1) is 5.92 Å². The minimum Gasteiger partial charge on any atom is -0.359 e. The zero-order valence-corrected chi connectivity index (χ0v) is 17.0. The summed E-state index contributed by atoms with van der Waals surface area (Å²) in [4.78, 5) is 20.7. The lowest BCUT2D eigenvalue weighted by molar-refractivity contribution is -0.121. The Bertz CT molecular complexity index is 396. The smallest absolute Gasteiger partial charge is 0.220 e. The van der Waals surface area contributed by atoms with Crippen molar-refractivity contribution in [2.24, 2.45) is 10.9 Å². The number of carbonyl (C=O) groups is 1. The summed E-state index contributed by atoms with van der Waals surface area (Å²) >= 11 is 0. The second kappa shape index (κ2) is 10.3. The fraction of sp³-hybridized carbons (Fsp3) is 0.875. The molecule has 2 saturated heterocycles. The summed E-state index contributed by atoms with van der Waals surface area (Å²) in [6, 6.07) is 0.627. The van der Waals surface area contributed by atoms with E-state index in [1.54, 1.807) is 7.05 Å². The second-order valence-electron chi connectivity index (χ2n) is 6.51. The number of aliphatic imine (C=N–C) groups is 1. The highest BCUT2D eigenvalue weighted by Gasteiger charge is 2.25. The van der Waals surface area contributed by atoms with Crippen LogP contribution in [0.5, 0.6) is 0 Å². The van der Waals surface area contributed by atoms with Crippen molar-refractivity contribution in [2.45, 2.75) is 38.1 Å². The molecule has 1 unspecified atom stereocenters. The normalized spacial score (nSPS) is 23.5. The van der Waals surface area contributed by atoms with Gasteiger partial charge in [-0.3, -0.25) is 9.79 Å². The van der Waals surface area contributed by atoms with E-state index in [1.807, 2.05) is 7.05 Å². The van der Waals surface area contributed by atoms with E-state index in [4.69, 9.17) is 0 Å². The first-order valence-electron chi connectivity index (χ1n) is 8.50. The fourth-order valence-electron chi connectivity index (χ4n) is 3.49. The van der Waals surface area contributed by atoms with Crippen LogP contribution in [-0.4, -0.2) is 75.0 Å². The van der Waals surface area contributed by atoms with E-state index in [1.165, 1.54) is 19.4 Å². The molecule has 2 aliphatic heterocycles. The maximum atomic E-state index is 11.5. The Hall–Kier alpha value is -0.570. The predicted molar refractivity (Wildman–Crippen MR) is 105 cm³/mol. The van der Waals surface area contributed by atoms with Gasteiger partial charge in [-0.1, -0.05) is 0 Å². The third-order valence-electron chi connectivity index (χ3n) is 5.05. The monoisotopic (exact) mass is 437 g/mol. The summed E-state index contributed by atoms with van der Waals surface area (Å²) in [5, 5.41) is 6.25. The molecule has 0 saturated carbocycles. The standard InChI is InChI=1S/C16H31N5O.HI/c1-17-15(22)11-13-6-9-21(10-7-13)16(18-2)19-12-14-5-4-8-20(14)3;/h13-14H,4-12H2,1-3H3,(H,17,22)(H,18,19);1H. The van der Waals surface area contributed by atoms with Gasteiger partial charge in [0.1, 0.15) is 0 Å². The first-order valence-corrected chi connectivity index (χ1v) is 8.50. The SMILES string of the molecule is CN=C(NCC1CCCN1C)N1CCC(CC(=O)NC)CC1.I. The Morgan fingerprint density at radius 1 is 1.22 bits per heavy atom. The number of nitrogens with one attached hydrogen (secondary N) is 2. The van der Waals surface area contributed by atoms with Gasteiger partial charge in [0, 0.05) is 46.2 Å². The highest BCUT2D eigenvalue weighted by molar-refractivity contribution is 14.0. The molecule has 7 heteroatoms. The van der Waals surface area contributed by atoms with Gasteiger partial charge in [-0.05, 0) is 45.2 Å². The van der Waals surface area contributed by atoms with Crippen molar-refractivity contribution in [1.29, 1.82) is 0 Å². The number of nitrogens with zero attached hydrogens (tertiary/aromatic N) is 3. The third kappa shape index (κ3) is 6.10. The van der Waals surface area contributed by atoms with E-state index >= 15 is 0 Å². The molecule has 2 fully saturated rings. The van der Waals surface area contributed by atoms with Crippen LogP contribution in [-0.2, 0) is 4.79 Å². The van der Waals surface area contributed by atoms with Crippen LogP contribution in [0.4, 0.5) is 0 Å². The number of hydrogen-bond acceptors (Lipinski definition) is 3. The summed E-state index contributed by atoms with van der Waals surface area (Å²) in [5.41, 5.74) is 0. The molecule has 0 aromatic carbocycles. The Morgan fingerprint density at radius 3 is 2.43 bits per heavy atom. The van der Waals surface area contributed by atoms with E-state index < -0.39 is 0 Å². The molecule has 0 aromatic rings. The number of rotatable bonds is 4. The van der Waals surface area contributed by atoms with Gasteiger partial charge in [0.25, 0.3) is 0 Å². The van der Waals surface area contributed by atoms with E-state index in [-0.39, 0.29) is 29.9 Å². The molecule has 6 nitrogen and oxygen atoms in total. The first-order chi connectivity index (χ1) is 10.6. The first kappa shape index (κ1) is 20.5. The molecule has 2 rings (SSSR count).